The molecule has 2 aliphatic carbocycles. The number of aryl methyl sites for hydroxylation is 2. The predicted molar refractivity (Wildman–Crippen MR) is 145 cm³/mol. The number of nitrogens with zero attached hydrogens (tertiary/aromatic N) is 1. The molecule has 1 saturated carbocycles. The highest BCUT2D eigenvalue weighted by Crippen LogP contribution is 2.57. The standard InChI is InChI=1S/C29H29F8NO3S.CH2O2/c1-17-15-21(9-11-23(17)30)42(40,41)26-13-14-38(25(39)18-5-3-2-4-6-18)24(26)12-7-19-16-20(8-10-22(19)26)27(31,28(32,33)34)29(35,36)37;2-1-3/h8-11,15-16,18,24H,2-7,12-14H2,1H3;1H,(H,2,3). The van der Waals surface area contributed by atoms with Gasteiger partial charge in [-0.05, 0) is 73.9 Å². The van der Waals surface area contributed by atoms with E-state index in [2.05, 4.69) is 0 Å². The molecule has 6 nitrogen and oxygen atoms in total. The van der Waals surface area contributed by atoms with Gasteiger partial charge in [0.05, 0.1) is 10.9 Å². The first-order valence-corrected chi connectivity index (χ1v) is 15.7. The Morgan fingerprint density at radius 1 is 0.956 bits per heavy atom. The van der Waals surface area contributed by atoms with E-state index in [-0.39, 0.29) is 65.7 Å². The van der Waals surface area contributed by atoms with E-state index in [0.717, 1.165) is 43.5 Å². The first kappa shape index (κ1) is 34.6. The largest absolute Gasteiger partial charge is 0.483 e. The van der Waals surface area contributed by atoms with Gasteiger partial charge in [0.25, 0.3) is 6.47 Å². The molecule has 1 N–H and O–H groups in total. The number of hydrogen-bond acceptors (Lipinski definition) is 4. The molecule has 15 heteroatoms. The second-order valence-electron chi connectivity index (χ2n) is 11.6. The lowest BCUT2D eigenvalue weighted by Crippen LogP contribution is -2.53. The summed E-state index contributed by atoms with van der Waals surface area (Å²) in [5, 5.41) is 6.89. The third kappa shape index (κ3) is 5.58. The van der Waals surface area contributed by atoms with Crippen molar-refractivity contribution in [2.24, 2.45) is 5.92 Å². The molecule has 1 saturated heterocycles. The quantitative estimate of drug-likeness (QED) is 0.217. The number of hydrogen-bond donors (Lipinski definition) is 1. The smallest absolute Gasteiger partial charge is 0.435 e. The Morgan fingerprint density at radius 3 is 2.11 bits per heavy atom. The van der Waals surface area contributed by atoms with Crippen LogP contribution in [0.1, 0.15) is 67.2 Å². The van der Waals surface area contributed by atoms with Gasteiger partial charge in [0.2, 0.25) is 5.91 Å². The summed E-state index contributed by atoms with van der Waals surface area (Å²) in [6.45, 7) is 1.10. The summed E-state index contributed by atoms with van der Waals surface area (Å²) in [4.78, 5) is 23.2. The summed E-state index contributed by atoms with van der Waals surface area (Å²) in [6, 6.07) is 3.77. The molecule has 0 aromatic heterocycles. The van der Waals surface area contributed by atoms with Crippen molar-refractivity contribution in [3.8, 4) is 0 Å². The molecule has 45 heavy (non-hydrogen) atoms. The second-order valence-corrected chi connectivity index (χ2v) is 13.8. The van der Waals surface area contributed by atoms with Crippen molar-refractivity contribution in [2.45, 2.75) is 92.0 Å². The molecule has 0 spiro atoms. The molecule has 2 atom stereocenters. The molecule has 2 fully saturated rings. The monoisotopic (exact) mass is 669 g/mol. The Kier molecular flexibility index (Phi) is 9.37. The third-order valence-corrected chi connectivity index (χ3v) is 11.8. The molecule has 1 heterocycles. The molecule has 0 radical (unpaired) electrons. The van der Waals surface area contributed by atoms with Crippen LogP contribution in [0.3, 0.4) is 0 Å². The van der Waals surface area contributed by atoms with Gasteiger partial charge < -0.3 is 10.0 Å². The zero-order chi connectivity index (χ0) is 33.6. The van der Waals surface area contributed by atoms with E-state index >= 15 is 0 Å². The van der Waals surface area contributed by atoms with Gasteiger partial charge in [0.1, 0.15) is 10.6 Å². The maximum atomic E-state index is 15.0. The first-order chi connectivity index (χ1) is 20.9. The summed E-state index contributed by atoms with van der Waals surface area (Å²) < 4.78 is 137. The van der Waals surface area contributed by atoms with E-state index in [0.29, 0.717) is 25.0 Å². The van der Waals surface area contributed by atoms with E-state index in [1.807, 2.05) is 0 Å². The van der Waals surface area contributed by atoms with Crippen LogP contribution < -0.4 is 0 Å². The fraction of sp³-hybridized carbons (Fsp3) is 0.533. The first-order valence-electron chi connectivity index (χ1n) is 14.2. The lowest BCUT2D eigenvalue weighted by molar-refractivity contribution is -0.348. The third-order valence-electron chi connectivity index (χ3n) is 9.22. The average molecular weight is 670 g/mol. The minimum Gasteiger partial charge on any atom is -0.483 e. The number of halogens is 8. The normalized spacial score (nSPS) is 22.6. The zero-order valence-electron chi connectivity index (χ0n) is 24.0. The van der Waals surface area contributed by atoms with Crippen molar-refractivity contribution < 1.29 is 58.2 Å². The van der Waals surface area contributed by atoms with Crippen molar-refractivity contribution in [3.05, 3.63) is 64.5 Å². The van der Waals surface area contributed by atoms with E-state index in [9.17, 15) is 48.3 Å². The topological polar surface area (TPSA) is 91.8 Å². The van der Waals surface area contributed by atoms with Crippen molar-refractivity contribution in [2.75, 3.05) is 6.54 Å². The predicted octanol–water partition coefficient (Wildman–Crippen LogP) is 6.92. The van der Waals surface area contributed by atoms with E-state index < -0.39 is 50.0 Å². The van der Waals surface area contributed by atoms with Gasteiger partial charge in [-0.25, -0.2) is 17.2 Å². The Morgan fingerprint density at radius 2 is 1.56 bits per heavy atom. The lowest BCUT2D eigenvalue weighted by Gasteiger charge is -2.43. The van der Waals surface area contributed by atoms with Crippen molar-refractivity contribution in [3.63, 3.8) is 0 Å². The summed E-state index contributed by atoms with van der Waals surface area (Å²) in [5.74, 6) is -1.22. The lowest BCUT2D eigenvalue weighted by atomic mass is 9.76. The van der Waals surface area contributed by atoms with Gasteiger partial charge in [0.15, 0.2) is 9.84 Å². The minimum absolute atomic E-state index is 0.00124. The fourth-order valence-electron chi connectivity index (χ4n) is 7.07. The van der Waals surface area contributed by atoms with Crippen LogP contribution in [-0.2, 0) is 36.3 Å². The second kappa shape index (κ2) is 12.2. The van der Waals surface area contributed by atoms with E-state index in [4.69, 9.17) is 9.90 Å². The van der Waals surface area contributed by atoms with Gasteiger partial charge in [-0.15, -0.1) is 0 Å². The molecule has 2 aromatic rings. The Labute approximate surface area is 254 Å². The molecule has 1 amide bonds. The highest BCUT2D eigenvalue weighted by Gasteiger charge is 2.74. The van der Waals surface area contributed by atoms with Gasteiger partial charge in [-0.3, -0.25) is 9.59 Å². The number of benzene rings is 2. The van der Waals surface area contributed by atoms with Crippen LogP contribution in [0.4, 0.5) is 35.1 Å². The van der Waals surface area contributed by atoms with Crippen molar-refractivity contribution in [1.82, 2.24) is 4.90 Å². The van der Waals surface area contributed by atoms with Crippen LogP contribution in [0.2, 0.25) is 0 Å². The fourth-order valence-corrected chi connectivity index (χ4v) is 9.52. The number of carbonyl (C=O) groups is 2. The number of sulfone groups is 1. The maximum Gasteiger partial charge on any atom is 0.435 e. The Hall–Kier alpha value is -3.23. The molecule has 2 aromatic carbocycles. The number of likely N-dealkylation sites (tertiary alicyclic amines) is 1. The average Bonchev–Trinajstić information content (AvgIpc) is 3.39. The molecular formula is C30H31F8NO5S. The van der Waals surface area contributed by atoms with Crippen LogP contribution >= 0.6 is 0 Å². The van der Waals surface area contributed by atoms with Gasteiger partial charge in [-0.1, -0.05) is 37.5 Å². The van der Waals surface area contributed by atoms with Crippen molar-refractivity contribution in [1.29, 1.82) is 0 Å². The van der Waals surface area contributed by atoms with Crippen LogP contribution in [0.5, 0.6) is 0 Å². The number of rotatable bonds is 4. The molecule has 3 aliphatic rings. The Balaban J connectivity index is 0.00000148. The molecule has 248 valence electrons. The molecule has 0 bridgehead atoms. The van der Waals surface area contributed by atoms with Crippen LogP contribution in [-0.4, -0.2) is 55.7 Å². The number of fused-ring (bicyclic) bond motifs is 3. The zero-order valence-corrected chi connectivity index (χ0v) is 24.8. The maximum absolute atomic E-state index is 15.0. The SMILES string of the molecule is Cc1cc(S(=O)(=O)C23CCN(C(=O)C4CCCCC4)C2CCc2cc(C(F)(C(F)(F)F)C(F)(F)F)ccc23)ccc1F.O=CO. The summed E-state index contributed by atoms with van der Waals surface area (Å²) >= 11 is 0. The summed E-state index contributed by atoms with van der Waals surface area (Å²) in [7, 11) is -4.51. The molecule has 5 rings (SSSR count). The number of carbonyl (C=O) groups excluding carboxylic acids is 1. The minimum atomic E-state index is -6.33. The van der Waals surface area contributed by atoms with Crippen molar-refractivity contribution >= 4 is 22.2 Å². The van der Waals surface area contributed by atoms with Crippen LogP contribution in [0.15, 0.2) is 41.3 Å². The van der Waals surface area contributed by atoms with Crippen LogP contribution in [0, 0.1) is 18.7 Å². The van der Waals surface area contributed by atoms with Gasteiger partial charge in [0, 0.05) is 18.0 Å². The highest BCUT2D eigenvalue weighted by atomic mass is 32.2. The highest BCUT2D eigenvalue weighted by molar-refractivity contribution is 7.92. The number of alkyl halides is 7. The van der Waals surface area contributed by atoms with E-state index in [1.54, 1.807) is 0 Å². The molecule has 1 aliphatic heterocycles. The van der Waals surface area contributed by atoms with E-state index in [1.165, 1.54) is 11.8 Å². The molecular weight excluding hydrogens is 638 g/mol. The van der Waals surface area contributed by atoms with Gasteiger partial charge in [-0.2, -0.15) is 26.3 Å². The summed E-state index contributed by atoms with van der Waals surface area (Å²) in [6.07, 6.45) is -9.19. The Bertz CT molecular complexity index is 1540. The summed E-state index contributed by atoms with van der Waals surface area (Å²) in [5.41, 5.74) is -7.60. The number of carboxylic acid groups (broad SMARTS) is 1. The molecule has 2 unspecified atom stereocenters. The van der Waals surface area contributed by atoms with Crippen LogP contribution in [0.25, 0.3) is 0 Å². The number of amides is 1. The van der Waals surface area contributed by atoms with Gasteiger partial charge >= 0.3 is 18.0 Å².